The average molecular weight is 410 g/mol. The molecule has 29 heavy (non-hydrogen) atoms. The maximum absolute atomic E-state index is 13.2. The first kappa shape index (κ1) is 23.2. The molecule has 9 heteroatoms. The molecule has 0 bridgehead atoms. The molecule has 0 unspecified atom stereocenters. The van der Waals surface area contributed by atoms with E-state index in [1.54, 1.807) is 0 Å². The van der Waals surface area contributed by atoms with Crippen molar-refractivity contribution in [2.24, 2.45) is 5.92 Å². The topological polar surface area (TPSA) is 114 Å². The van der Waals surface area contributed by atoms with Gasteiger partial charge in [-0.15, -0.1) is 0 Å². The first-order valence-electron chi connectivity index (χ1n) is 10.4. The zero-order valence-electron chi connectivity index (χ0n) is 18.2. The molecule has 0 spiro atoms. The minimum absolute atomic E-state index is 0.0389. The van der Waals surface area contributed by atoms with Crippen LogP contribution in [0, 0.1) is 5.92 Å². The summed E-state index contributed by atoms with van der Waals surface area (Å²) in [7, 11) is 0. The van der Waals surface area contributed by atoms with Crippen LogP contribution in [0.1, 0.15) is 47.5 Å². The minimum Gasteiger partial charge on any atom is -0.383 e. The van der Waals surface area contributed by atoms with Gasteiger partial charge in [0.25, 0.3) is 5.56 Å². The third kappa shape index (κ3) is 5.93. The van der Waals surface area contributed by atoms with Gasteiger partial charge in [0, 0.05) is 26.2 Å². The Morgan fingerprint density at radius 2 is 1.90 bits per heavy atom. The quantitative estimate of drug-likeness (QED) is 0.663. The lowest BCUT2D eigenvalue weighted by Gasteiger charge is -2.36. The molecule has 2 rings (SSSR count). The molecule has 164 valence electrons. The zero-order valence-corrected chi connectivity index (χ0v) is 18.2. The van der Waals surface area contributed by atoms with Gasteiger partial charge in [-0.25, -0.2) is 4.79 Å². The van der Waals surface area contributed by atoms with Crippen molar-refractivity contribution >= 4 is 17.4 Å². The number of aromatic nitrogens is 2. The van der Waals surface area contributed by atoms with E-state index in [-0.39, 0.29) is 42.1 Å². The summed E-state index contributed by atoms with van der Waals surface area (Å²) >= 11 is 0. The van der Waals surface area contributed by atoms with Crippen LogP contribution < -0.4 is 21.9 Å². The van der Waals surface area contributed by atoms with Gasteiger partial charge < -0.3 is 15.4 Å². The van der Waals surface area contributed by atoms with Gasteiger partial charge in [-0.3, -0.25) is 24.0 Å². The SMILES string of the molecule is CCCCN(C(=O)CN1C[C@@H](C)O[C@H](C)C1)c1c(N)n(CC(C)C)c(=O)[nH]c1=O. The molecule has 1 saturated heterocycles. The Bertz CT molecular complexity index is 806. The van der Waals surface area contributed by atoms with Crippen LogP contribution in [0.3, 0.4) is 0 Å². The smallest absolute Gasteiger partial charge is 0.330 e. The van der Waals surface area contributed by atoms with Gasteiger partial charge in [0.1, 0.15) is 5.82 Å². The Labute approximate surface area is 171 Å². The molecule has 0 saturated carbocycles. The van der Waals surface area contributed by atoms with Crippen molar-refractivity contribution in [3.05, 3.63) is 20.8 Å². The Morgan fingerprint density at radius 1 is 1.28 bits per heavy atom. The summed E-state index contributed by atoms with van der Waals surface area (Å²) in [6, 6.07) is 0. The molecule has 2 atom stereocenters. The van der Waals surface area contributed by atoms with Crippen LogP contribution in [0.4, 0.5) is 11.5 Å². The molecule has 0 aliphatic carbocycles. The molecule has 1 amide bonds. The van der Waals surface area contributed by atoms with Gasteiger partial charge in [-0.1, -0.05) is 27.2 Å². The molecule has 1 fully saturated rings. The molecule has 1 aromatic heterocycles. The van der Waals surface area contributed by atoms with Crippen LogP contribution in [0.2, 0.25) is 0 Å². The van der Waals surface area contributed by atoms with Gasteiger partial charge in [-0.05, 0) is 26.2 Å². The number of morpholine rings is 1. The number of rotatable bonds is 8. The normalized spacial score (nSPS) is 20.2. The van der Waals surface area contributed by atoms with Crippen LogP contribution >= 0.6 is 0 Å². The third-order valence-corrected chi connectivity index (χ3v) is 4.92. The fourth-order valence-corrected chi connectivity index (χ4v) is 3.75. The number of H-pyrrole nitrogens is 1. The number of carbonyl (C=O) groups excluding carboxylic acids is 1. The van der Waals surface area contributed by atoms with E-state index in [9.17, 15) is 14.4 Å². The van der Waals surface area contributed by atoms with E-state index in [1.165, 1.54) is 9.47 Å². The highest BCUT2D eigenvalue weighted by atomic mass is 16.5. The lowest BCUT2D eigenvalue weighted by atomic mass is 10.2. The maximum atomic E-state index is 13.2. The molecule has 0 aromatic carbocycles. The van der Waals surface area contributed by atoms with E-state index < -0.39 is 11.2 Å². The summed E-state index contributed by atoms with van der Waals surface area (Å²) in [6.45, 7) is 12.1. The molecular weight excluding hydrogens is 374 g/mol. The number of nitrogens with zero attached hydrogens (tertiary/aromatic N) is 3. The number of anilines is 2. The number of carbonyl (C=O) groups is 1. The van der Waals surface area contributed by atoms with Crippen molar-refractivity contribution < 1.29 is 9.53 Å². The number of nitrogens with two attached hydrogens (primary N) is 1. The van der Waals surface area contributed by atoms with E-state index in [4.69, 9.17) is 10.5 Å². The van der Waals surface area contributed by atoms with Gasteiger partial charge in [-0.2, -0.15) is 0 Å². The molecule has 1 aliphatic heterocycles. The second-order valence-corrected chi connectivity index (χ2v) is 8.35. The second-order valence-electron chi connectivity index (χ2n) is 8.35. The number of nitrogen functional groups attached to an aromatic ring is 1. The second kappa shape index (κ2) is 10.1. The number of amides is 1. The number of hydrogen-bond acceptors (Lipinski definition) is 6. The first-order chi connectivity index (χ1) is 13.6. The zero-order chi connectivity index (χ0) is 21.7. The molecule has 0 radical (unpaired) electrons. The fourth-order valence-electron chi connectivity index (χ4n) is 3.75. The largest absolute Gasteiger partial charge is 0.383 e. The number of hydrogen-bond donors (Lipinski definition) is 2. The standard InChI is InChI=1S/C20H35N5O4/c1-6-7-8-24(16(26)12-23-10-14(4)29-15(5)11-23)17-18(21)25(9-13(2)3)20(28)22-19(17)27/h13-15H,6-12,21H2,1-5H3,(H,22,27,28)/t14-,15-/m1/s1. The van der Waals surface area contributed by atoms with Gasteiger partial charge in [0.05, 0.1) is 18.8 Å². The highest BCUT2D eigenvalue weighted by molar-refractivity contribution is 5.96. The monoisotopic (exact) mass is 409 g/mol. The predicted octanol–water partition coefficient (Wildman–Crippen LogP) is 1.02. The number of ether oxygens (including phenoxy) is 1. The molecule has 9 nitrogen and oxygen atoms in total. The maximum Gasteiger partial charge on any atom is 0.330 e. The van der Waals surface area contributed by atoms with Gasteiger partial charge >= 0.3 is 5.69 Å². The van der Waals surface area contributed by atoms with Crippen molar-refractivity contribution in [3.63, 3.8) is 0 Å². The van der Waals surface area contributed by atoms with Crippen LogP contribution in [-0.2, 0) is 16.1 Å². The van der Waals surface area contributed by atoms with Crippen LogP contribution in [-0.4, -0.2) is 58.7 Å². The summed E-state index contributed by atoms with van der Waals surface area (Å²) < 4.78 is 7.07. The van der Waals surface area contributed by atoms with E-state index in [0.29, 0.717) is 26.2 Å². The van der Waals surface area contributed by atoms with Crippen LogP contribution in [0.15, 0.2) is 9.59 Å². The summed E-state index contributed by atoms with van der Waals surface area (Å²) in [4.78, 5) is 43.9. The van der Waals surface area contributed by atoms with Crippen LogP contribution in [0.25, 0.3) is 0 Å². The number of aromatic amines is 1. The van der Waals surface area contributed by atoms with Gasteiger partial charge in [0.2, 0.25) is 5.91 Å². The summed E-state index contributed by atoms with van der Waals surface area (Å²) in [6.07, 6.45) is 1.66. The van der Waals surface area contributed by atoms with E-state index >= 15 is 0 Å². The van der Waals surface area contributed by atoms with Gasteiger partial charge in [0.15, 0.2) is 5.69 Å². The van der Waals surface area contributed by atoms with Crippen molar-refractivity contribution in [3.8, 4) is 0 Å². The van der Waals surface area contributed by atoms with Crippen molar-refractivity contribution in [1.29, 1.82) is 0 Å². The third-order valence-electron chi connectivity index (χ3n) is 4.92. The molecule has 3 N–H and O–H groups in total. The minimum atomic E-state index is -0.624. The average Bonchev–Trinajstić information content (AvgIpc) is 2.60. The summed E-state index contributed by atoms with van der Waals surface area (Å²) in [5, 5.41) is 0. The Kier molecular flexibility index (Phi) is 8.04. The highest BCUT2D eigenvalue weighted by Gasteiger charge is 2.28. The molecule has 1 aromatic rings. The van der Waals surface area contributed by atoms with E-state index in [0.717, 1.165) is 12.8 Å². The molecule has 2 heterocycles. The van der Waals surface area contributed by atoms with E-state index in [2.05, 4.69) is 4.98 Å². The Morgan fingerprint density at radius 3 is 2.45 bits per heavy atom. The van der Waals surface area contributed by atoms with Crippen molar-refractivity contribution in [1.82, 2.24) is 14.5 Å². The predicted molar refractivity (Wildman–Crippen MR) is 114 cm³/mol. The molecule has 1 aliphatic rings. The van der Waals surface area contributed by atoms with Crippen molar-refractivity contribution in [2.45, 2.75) is 66.2 Å². The van der Waals surface area contributed by atoms with Crippen LogP contribution in [0.5, 0.6) is 0 Å². The lowest BCUT2D eigenvalue weighted by molar-refractivity contribution is -0.123. The lowest BCUT2D eigenvalue weighted by Crippen LogP contribution is -2.51. The van der Waals surface area contributed by atoms with E-state index in [1.807, 2.05) is 39.5 Å². The fraction of sp³-hybridized carbons (Fsp3) is 0.750. The van der Waals surface area contributed by atoms with Crippen molar-refractivity contribution in [2.75, 3.05) is 36.8 Å². The summed E-state index contributed by atoms with van der Waals surface area (Å²) in [5.74, 6) is -0.00261. The number of unbranched alkanes of at least 4 members (excludes halogenated alkanes) is 1. The first-order valence-corrected chi connectivity index (χ1v) is 10.4. The highest BCUT2D eigenvalue weighted by Crippen LogP contribution is 2.20. The molecular formula is C20H35N5O4. The Hall–Kier alpha value is -2.13. The number of nitrogens with one attached hydrogen (secondary N) is 1. The Balaban J connectivity index is 2.37. The summed E-state index contributed by atoms with van der Waals surface area (Å²) in [5.41, 5.74) is 5.13.